The van der Waals surface area contributed by atoms with Gasteiger partial charge in [-0.05, 0) is 12.1 Å². The smallest absolute Gasteiger partial charge is 0.180 e. The maximum atomic E-state index is 4.38. The van der Waals surface area contributed by atoms with Gasteiger partial charge in [0, 0.05) is 30.4 Å². The van der Waals surface area contributed by atoms with Gasteiger partial charge in [0.05, 0.1) is 0 Å². The van der Waals surface area contributed by atoms with Crippen molar-refractivity contribution in [1.82, 2.24) is 15.0 Å². The highest BCUT2D eigenvalue weighted by Crippen LogP contribution is 2.10. The van der Waals surface area contributed by atoms with E-state index in [1.807, 2.05) is 30.0 Å². The Bertz CT molecular complexity index is 501. The molecule has 0 bridgehead atoms. The van der Waals surface area contributed by atoms with E-state index in [9.17, 15) is 0 Å². The summed E-state index contributed by atoms with van der Waals surface area (Å²) in [6.07, 6.45) is 5.23. The van der Waals surface area contributed by atoms with Gasteiger partial charge in [-0.1, -0.05) is 6.08 Å². The molecule has 88 valence electrons. The zero-order valence-corrected chi connectivity index (χ0v) is 10.3. The van der Waals surface area contributed by atoms with E-state index in [4.69, 9.17) is 0 Å². The summed E-state index contributed by atoms with van der Waals surface area (Å²) >= 11 is 1.84. The molecule has 2 aromatic rings. The van der Waals surface area contributed by atoms with Gasteiger partial charge >= 0.3 is 0 Å². The van der Waals surface area contributed by atoms with Gasteiger partial charge in [-0.2, -0.15) is 11.8 Å². The number of pyridine rings is 1. The van der Waals surface area contributed by atoms with E-state index in [0.29, 0.717) is 5.65 Å². The number of fused-ring (bicyclic) bond motifs is 1. The molecular weight excluding hydrogens is 232 g/mol. The third kappa shape index (κ3) is 3.42. The Kier molecular flexibility index (Phi) is 4.32. The van der Waals surface area contributed by atoms with E-state index in [-0.39, 0.29) is 0 Å². The lowest BCUT2D eigenvalue weighted by Crippen LogP contribution is -2.06. The van der Waals surface area contributed by atoms with Crippen molar-refractivity contribution in [1.29, 1.82) is 0 Å². The van der Waals surface area contributed by atoms with Crippen LogP contribution in [0.2, 0.25) is 0 Å². The molecule has 1 N–H and O–H groups in total. The number of thioether (sulfide) groups is 1. The minimum atomic E-state index is 0.677. The van der Waals surface area contributed by atoms with Gasteiger partial charge in [0.2, 0.25) is 0 Å². The Labute approximate surface area is 105 Å². The lowest BCUT2D eigenvalue weighted by atomic mass is 10.4. The summed E-state index contributed by atoms with van der Waals surface area (Å²) in [7, 11) is 0. The number of nitrogens with one attached hydrogen (secondary N) is 1. The van der Waals surface area contributed by atoms with Crippen molar-refractivity contribution >= 4 is 28.7 Å². The maximum Gasteiger partial charge on any atom is 0.180 e. The highest BCUT2D eigenvalue weighted by Gasteiger charge is 1.98. The number of rotatable bonds is 6. The molecule has 5 heteroatoms. The molecule has 0 fully saturated rings. The van der Waals surface area contributed by atoms with Crippen LogP contribution >= 0.6 is 11.8 Å². The van der Waals surface area contributed by atoms with Crippen molar-refractivity contribution in [3.8, 4) is 0 Å². The van der Waals surface area contributed by atoms with Gasteiger partial charge in [-0.25, -0.2) is 9.97 Å². The van der Waals surface area contributed by atoms with Crippen molar-refractivity contribution < 1.29 is 0 Å². The summed E-state index contributed by atoms with van der Waals surface area (Å²) < 4.78 is 0. The highest BCUT2D eigenvalue weighted by atomic mass is 32.2. The molecule has 0 saturated carbocycles. The molecule has 17 heavy (non-hydrogen) atoms. The van der Waals surface area contributed by atoms with Crippen LogP contribution in [0.15, 0.2) is 37.2 Å². The second-order valence-corrected chi connectivity index (χ2v) is 4.54. The highest BCUT2D eigenvalue weighted by molar-refractivity contribution is 7.99. The zero-order chi connectivity index (χ0) is 11.9. The van der Waals surface area contributed by atoms with E-state index < -0.39 is 0 Å². The summed E-state index contributed by atoms with van der Waals surface area (Å²) in [5, 5.41) is 3.26. The van der Waals surface area contributed by atoms with Crippen LogP contribution in [-0.4, -0.2) is 33.0 Å². The molecule has 0 aliphatic carbocycles. The van der Waals surface area contributed by atoms with Crippen LogP contribution in [-0.2, 0) is 0 Å². The lowest BCUT2D eigenvalue weighted by molar-refractivity contribution is 1.16. The van der Waals surface area contributed by atoms with Gasteiger partial charge in [0.25, 0.3) is 0 Å². The van der Waals surface area contributed by atoms with Crippen molar-refractivity contribution in [2.24, 2.45) is 0 Å². The van der Waals surface area contributed by atoms with Crippen LogP contribution in [0.1, 0.15) is 0 Å². The molecule has 2 rings (SSSR count). The number of anilines is 1. The average molecular weight is 246 g/mol. The van der Waals surface area contributed by atoms with Gasteiger partial charge in [0.15, 0.2) is 5.65 Å². The number of hydrogen-bond donors (Lipinski definition) is 1. The standard InChI is InChI=1S/C12H14N4S/c1-2-8-17-9-7-14-11-4-3-10-12(16-11)15-6-5-13-10/h2-6H,1,7-9H2,(H,14,15,16). The van der Waals surface area contributed by atoms with Crippen molar-refractivity contribution in [3.05, 3.63) is 37.2 Å². The molecule has 2 aromatic heterocycles. The fourth-order valence-electron chi connectivity index (χ4n) is 1.37. The van der Waals surface area contributed by atoms with E-state index in [1.165, 1.54) is 0 Å². The van der Waals surface area contributed by atoms with E-state index in [0.717, 1.165) is 29.4 Å². The lowest BCUT2D eigenvalue weighted by Gasteiger charge is -2.05. The number of hydrogen-bond acceptors (Lipinski definition) is 5. The Morgan fingerprint density at radius 1 is 1.29 bits per heavy atom. The first-order chi connectivity index (χ1) is 8.40. The summed E-state index contributed by atoms with van der Waals surface area (Å²) in [6.45, 7) is 4.57. The van der Waals surface area contributed by atoms with E-state index >= 15 is 0 Å². The summed E-state index contributed by atoms with van der Waals surface area (Å²) in [6, 6.07) is 3.85. The normalized spacial score (nSPS) is 10.4. The SMILES string of the molecule is C=CCSCCNc1ccc2nccnc2n1. The second kappa shape index (κ2) is 6.20. The van der Waals surface area contributed by atoms with Gasteiger partial charge in [-0.15, -0.1) is 6.58 Å². The molecule has 0 aliphatic rings. The first kappa shape index (κ1) is 11.9. The van der Waals surface area contributed by atoms with Crippen LogP contribution in [0, 0.1) is 0 Å². The van der Waals surface area contributed by atoms with E-state index in [1.54, 1.807) is 12.4 Å². The van der Waals surface area contributed by atoms with Crippen LogP contribution in [0.25, 0.3) is 11.2 Å². The van der Waals surface area contributed by atoms with Gasteiger partial charge in [-0.3, -0.25) is 4.98 Å². The topological polar surface area (TPSA) is 50.7 Å². The van der Waals surface area contributed by atoms with Crippen LogP contribution < -0.4 is 5.32 Å². The molecule has 0 amide bonds. The van der Waals surface area contributed by atoms with Crippen LogP contribution in [0.3, 0.4) is 0 Å². The third-order valence-corrected chi connectivity index (χ3v) is 3.08. The largest absolute Gasteiger partial charge is 0.369 e. The Hall–Kier alpha value is -1.62. The summed E-state index contributed by atoms with van der Waals surface area (Å²) in [5.74, 6) is 2.86. The van der Waals surface area contributed by atoms with Crippen LogP contribution in [0.4, 0.5) is 5.82 Å². The Balaban J connectivity index is 1.92. The minimum Gasteiger partial charge on any atom is -0.369 e. The summed E-state index contributed by atoms with van der Waals surface area (Å²) in [4.78, 5) is 12.7. The average Bonchev–Trinajstić information content (AvgIpc) is 2.38. The fourth-order valence-corrected chi connectivity index (χ4v) is 1.95. The third-order valence-electron chi connectivity index (χ3n) is 2.12. The zero-order valence-electron chi connectivity index (χ0n) is 9.47. The monoisotopic (exact) mass is 246 g/mol. The number of nitrogens with zero attached hydrogens (tertiary/aromatic N) is 3. The minimum absolute atomic E-state index is 0.677. The number of aromatic nitrogens is 3. The summed E-state index contributed by atoms with van der Waals surface area (Å²) in [5.41, 5.74) is 1.50. The molecule has 0 aliphatic heterocycles. The molecular formula is C12H14N4S. The molecule has 0 saturated heterocycles. The van der Waals surface area contributed by atoms with Crippen LogP contribution in [0.5, 0.6) is 0 Å². The quantitative estimate of drug-likeness (QED) is 0.626. The van der Waals surface area contributed by atoms with Gasteiger partial charge < -0.3 is 5.32 Å². The van der Waals surface area contributed by atoms with Gasteiger partial charge in [0.1, 0.15) is 11.3 Å². The van der Waals surface area contributed by atoms with Crippen molar-refractivity contribution in [2.75, 3.05) is 23.4 Å². The first-order valence-corrected chi connectivity index (χ1v) is 6.56. The molecule has 0 unspecified atom stereocenters. The first-order valence-electron chi connectivity index (χ1n) is 5.40. The van der Waals surface area contributed by atoms with E-state index in [2.05, 4.69) is 26.8 Å². The molecule has 0 radical (unpaired) electrons. The predicted molar refractivity (Wildman–Crippen MR) is 73.3 cm³/mol. The Morgan fingerprint density at radius 2 is 2.18 bits per heavy atom. The van der Waals surface area contributed by atoms with Crippen molar-refractivity contribution in [3.63, 3.8) is 0 Å². The molecule has 0 aromatic carbocycles. The van der Waals surface area contributed by atoms with Crippen molar-refractivity contribution in [2.45, 2.75) is 0 Å². The predicted octanol–water partition coefficient (Wildman–Crippen LogP) is 2.36. The molecule has 0 atom stereocenters. The maximum absolute atomic E-state index is 4.38. The molecule has 4 nitrogen and oxygen atoms in total. The second-order valence-electron chi connectivity index (χ2n) is 3.39. The molecule has 0 spiro atoms. The fraction of sp³-hybridized carbons (Fsp3) is 0.250. The molecule has 2 heterocycles. The Morgan fingerprint density at radius 3 is 3.06 bits per heavy atom.